The number of carbonyl (C=O) groups is 1. The van der Waals surface area contributed by atoms with Crippen LogP contribution in [0.4, 0.5) is 0 Å². The van der Waals surface area contributed by atoms with E-state index in [2.05, 4.69) is 14.9 Å². The normalized spacial score (nSPS) is 11.2. The number of likely N-dealkylation sites (N-methyl/N-ethyl adjacent to an activating group) is 1. The molecule has 0 radical (unpaired) electrons. The predicted molar refractivity (Wildman–Crippen MR) is 98.2 cm³/mol. The van der Waals surface area contributed by atoms with Crippen molar-refractivity contribution in [3.05, 3.63) is 60.0 Å². The predicted octanol–water partition coefficient (Wildman–Crippen LogP) is 2.17. The topological polar surface area (TPSA) is 54.3 Å². The molecule has 0 N–H and O–H groups in total. The van der Waals surface area contributed by atoms with Crippen LogP contribution >= 0.6 is 0 Å². The lowest BCUT2D eigenvalue weighted by Crippen LogP contribution is -2.36. The van der Waals surface area contributed by atoms with Gasteiger partial charge in [0.05, 0.1) is 11.9 Å². The van der Waals surface area contributed by atoms with Crippen molar-refractivity contribution in [2.45, 2.75) is 6.54 Å². The van der Waals surface area contributed by atoms with Gasteiger partial charge in [-0.15, -0.1) is 0 Å². The van der Waals surface area contributed by atoms with Crippen molar-refractivity contribution in [2.24, 2.45) is 7.05 Å². The summed E-state index contributed by atoms with van der Waals surface area (Å²) in [6, 6.07) is 11.9. The summed E-state index contributed by atoms with van der Waals surface area (Å²) >= 11 is 0. The quantitative estimate of drug-likeness (QED) is 0.692. The summed E-state index contributed by atoms with van der Waals surface area (Å²) in [5.74, 6) is -0.0224. The maximum absolute atomic E-state index is 13.0. The minimum atomic E-state index is -0.0224. The van der Waals surface area contributed by atoms with Crippen LogP contribution in [-0.4, -0.2) is 57.4 Å². The fourth-order valence-electron chi connectivity index (χ4n) is 2.69. The van der Waals surface area contributed by atoms with Crippen molar-refractivity contribution < 1.29 is 4.79 Å². The first-order valence-corrected chi connectivity index (χ1v) is 8.29. The number of carbonyl (C=O) groups excluding carboxylic acids is 1. The molecular weight excluding hydrogens is 314 g/mol. The summed E-state index contributed by atoms with van der Waals surface area (Å²) < 4.78 is 1.84. The summed E-state index contributed by atoms with van der Waals surface area (Å²) in [7, 11) is 5.90. The third-order valence-corrected chi connectivity index (χ3v) is 4.12. The fraction of sp³-hybridized carbons (Fsp3) is 0.316. The average molecular weight is 337 g/mol. The molecule has 1 aromatic carbocycles. The van der Waals surface area contributed by atoms with Crippen LogP contribution in [0.3, 0.4) is 0 Å². The Kier molecular flexibility index (Phi) is 5.09. The van der Waals surface area contributed by atoms with E-state index in [4.69, 9.17) is 0 Å². The van der Waals surface area contributed by atoms with Crippen molar-refractivity contribution in [2.75, 3.05) is 27.2 Å². The van der Waals surface area contributed by atoms with Gasteiger partial charge in [-0.05, 0) is 25.7 Å². The van der Waals surface area contributed by atoms with Crippen molar-refractivity contribution in [1.82, 2.24) is 24.3 Å². The molecule has 3 aromatic rings. The first-order valence-electron chi connectivity index (χ1n) is 8.29. The summed E-state index contributed by atoms with van der Waals surface area (Å²) in [6.07, 6.45) is 3.35. The number of amides is 1. The zero-order valence-corrected chi connectivity index (χ0v) is 14.9. The maximum Gasteiger partial charge on any atom is 0.255 e. The standard InChI is InChI=1S/C19H23N5O/c1-22(2)9-10-24(13-15-7-5-4-6-8-15)19(25)16-11-17-18(20-12-16)23(3)14-21-17/h4-8,11-12,14H,9-10,13H2,1-3H3. The Balaban J connectivity index is 1.85. The first kappa shape index (κ1) is 17.1. The zero-order valence-electron chi connectivity index (χ0n) is 14.9. The van der Waals surface area contributed by atoms with Crippen LogP contribution in [0.1, 0.15) is 15.9 Å². The van der Waals surface area contributed by atoms with Crippen molar-refractivity contribution >= 4 is 17.1 Å². The number of nitrogens with zero attached hydrogens (tertiary/aromatic N) is 5. The Morgan fingerprint density at radius 2 is 1.88 bits per heavy atom. The minimum absolute atomic E-state index is 0.0224. The van der Waals surface area contributed by atoms with E-state index in [1.54, 1.807) is 12.5 Å². The first-order chi connectivity index (χ1) is 12.0. The largest absolute Gasteiger partial charge is 0.333 e. The number of imidazole rings is 1. The maximum atomic E-state index is 13.0. The molecular formula is C19H23N5O. The SMILES string of the molecule is CN(C)CCN(Cc1ccccc1)C(=O)c1cnc2c(c1)ncn2C. The molecule has 0 aliphatic carbocycles. The molecule has 0 atom stereocenters. The Morgan fingerprint density at radius 1 is 1.12 bits per heavy atom. The van der Waals surface area contributed by atoms with Crippen LogP contribution in [0.5, 0.6) is 0 Å². The molecule has 0 aliphatic rings. The van der Waals surface area contributed by atoms with Gasteiger partial charge in [0.2, 0.25) is 0 Å². The van der Waals surface area contributed by atoms with Gasteiger partial charge in [0.1, 0.15) is 5.52 Å². The number of aryl methyl sites for hydroxylation is 1. The van der Waals surface area contributed by atoms with Crippen LogP contribution in [0.25, 0.3) is 11.2 Å². The van der Waals surface area contributed by atoms with Gasteiger partial charge in [0.25, 0.3) is 5.91 Å². The minimum Gasteiger partial charge on any atom is -0.333 e. The van der Waals surface area contributed by atoms with E-state index in [1.807, 2.05) is 67.0 Å². The van der Waals surface area contributed by atoms with E-state index in [-0.39, 0.29) is 5.91 Å². The molecule has 25 heavy (non-hydrogen) atoms. The van der Waals surface area contributed by atoms with Gasteiger partial charge in [-0.1, -0.05) is 30.3 Å². The lowest BCUT2D eigenvalue weighted by molar-refractivity contribution is 0.0731. The van der Waals surface area contributed by atoms with Gasteiger partial charge in [-0.25, -0.2) is 9.97 Å². The van der Waals surface area contributed by atoms with Crippen molar-refractivity contribution in [3.8, 4) is 0 Å². The van der Waals surface area contributed by atoms with Gasteiger partial charge in [0, 0.05) is 32.9 Å². The number of rotatable bonds is 6. The highest BCUT2D eigenvalue weighted by atomic mass is 16.2. The Labute approximate surface area is 147 Å². The molecule has 6 nitrogen and oxygen atoms in total. The van der Waals surface area contributed by atoms with Gasteiger partial charge < -0.3 is 14.4 Å². The molecule has 0 saturated carbocycles. The molecule has 0 spiro atoms. The van der Waals surface area contributed by atoms with Crippen LogP contribution in [0.15, 0.2) is 48.9 Å². The molecule has 6 heteroatoms. The fourth-order valence-corrected chi connectivity index (χ4v) is 2.69. The lowest BCUT2D eigenvalue weighted by Gasteiger charge is -2.24. The number of pyridine rings is 1. The van der Waals surface area contributed by atoms with E-state index in [1.165, 1.54) is 0 Å². The van der Waals surface area contributed by atoms with Crippen molar-refractivity contribution in [1.29, 1.82) is 0 Å². The second-order valence-corrected chi connectivity index (χ2v) is 6.44. The number of aromatic nitrogens is 3. The highest BCUT2D eigenvalue weighted by molar-refractivity contribution is 5.96. The summed E-state index contributed by atoms with van der Waals surface area (Å²) in [5, 5.41) is 0. The van der Waals surface area contributed by atoms with E-state index in [0.29, 0.717) is 18.7 Å². The Morgan fingerprint density at radius 3 is 2.60 bits per heavy atom. The van der Waals surface area contributed by atoms with E-state index in [9.17, 15) is 4.79 Å². The van der Waals surface area contributed by atoms with Crippen LogP contribution in [0.2, 0.25) is 0 Å². The third-order valence-electron chi connectivity index (χ3n) is 4.12. The lowest BCUT2D eigenvalue weighted by atomic mass is 10.2. The van der Waals surface area contributed by atoms with Gasteiger partial charge in [-0.3, -0.25) is 4.79 Å². The molecule has 1 amide bonds. The van der Waals surface area contributed by atoms with Crippen LogP contribution < -0.4 is 0 Å². The molecule has 0 bridgehead atoms. The molecule has 3 rings (SSSR count). The molecule has 0 fully saturated rings. The summed E-state index contributed by atoms with van der Waals surface area (Å²) in [4.78, 5) is 25.7. The van der Waals surface area contributed by atoms with Gasteiger partial charge in [0.15, 0.2) is 5.65 Å². The highest BCUT2D eigenvalue weighted by Crippen LogP contribution is 2.14. The zero-order chi connectivity index (χ0) is 17.8. The average Bonchev–Trinajstić information content (AvgIpc) is 2.99. The highest BCUT2D eigenvalue weighted by Gasteiger charge is 2.18. The second-order valence-electron chi connectivity index (χ2n) is 6.44. The Hall–Kier alpha value is -2.73. The molecule has 0 aliphatic heterocycles. The monoisotopic (exact) mass is 337 g/mol. The molecule has 0 saturated heterocycles. The number of hydrogen-bond donors (Lipinski definition) is 0. The number of fused-ring (bicyclic) bond motifs is 1. The number of hydrogen-bond acceptors (Lipinski definition) is 4. The molecule has 0 unspecified atom stereocenters. The number of benzene rings is 1. The van der Waals surface area contributed by atoms with Crippen LogP contribution in [-0.2, 0) is 13.6 Å². The summed E-state index contributed by atoms with van der Waals surface area (Å²) in [5.41, 5.74) is 3.20. The second kappa shape index (κ2) is 7.44. The molecule has 130 valence electrons. The van der Waals surface area contributed by atoms with E-state index < -0.39 is 0 Å². The Bertz CT molecular complexity index is 857. The van der Waals surface area contributed by atoms with Crippen LogP contribution in [0, 0.1) is 0 Å². The van der Waals surface area contributed by atoms with Gasteiger partial charge in [-0.2, -0.15) is 0 Å². The molecule has 2 aromatic heterocycles. The third kappa shape index (κ3) is 4.03. The van der Waals surface area contributed by atoms with E-state index >= 15 is 0 Å². The van der Waals surface area contributed by atoms with Crippen molar-refractivity contribution in [3.63, 3.8) is 0 Å². The smallest absolute Gasteiger partial charge is 0.255 e. The van der Waals surface area contributed by atoms with E-state index in [0.717, 1.165) is 23.3 Å². The molecule has 2 heterocycles. The summed E-state index contributed by atoms with van der Waals surface area (Å²) in [6.45, 7) is 2.03. The van der Waals surface area contributed by atoms with Gasteiger partial charge >= 0.3 is 0 Å².